The van der Waals surface area contributed by atoms with Crippen LogP contribution in [0.25, 0.3) is 0 Å². The minimum Gasteiger partial charge on any atom is -0.365 e. The first-order chi connectivity index (χ1) is 7.77. The van der Waals surface area contributed by atoms with Crippen LogP contribution >= 0.6 is 0 Å². The normalized spacial score (nSPS) is 40.1. The first-order valence-electron chi connectivity index (χ1n) is 5.59. The lowest BCUT2D eigenvalue weighted by atomic mass is 9.80. The molecule has 4 heteroatoms. The van der Waals surface area contributed by atoms with E-state index in [2.05, 4.69) is 6.08 Å². The standard InChI is InChI=1S/C12H13NO3/c14-13(15)9-5-3-7-11-12(9)8-4-1-2-6-10(8)16-11/h1-4,7,9-12H,5-6H2. The van der Waals surface area contributed by atoms with Gasteiger partial charge in [0.25, 0.3) is 0 Å². The van der Waals surface area contributed by atoms with Crippen LogP contribution in [0.4, 0.5) is 0 Å². The molecule has 1 fully saturated rings. The molecule has 0 spiro atoms. The SMILES string of the molecule is O=[N+]([O-])C1CC=CC2OC3CC=CC=C3C21. The van der Waals surface area contributed by atoms with Gasteiger partial charge >= 0.3 is 0 Å². The summed E-state index contributed by atoms with van der Waals surface area (Å²) in [5, 5.41) is 11.0. The van der Waals surface area contributed by atoms with E-state index in [4.69, 9.17) is 4.74 Å². The third-order valence-corrected chi connectivity index (χ3v) is 3.60. The summed E-state index contributed by atoms with van der Waals surface area (Å²) in [4.78, 5) is 10.9. The second-order valence-electron chi connectivity index (χ2n) is 4.46. The molecule has 0 saturated carbocycles. The Hall–Kier alpha value is -1.42. The summed E-state index contributed by atoms with van der Waals surface area (Å²) in [6, 6.07) is -0.516. The lowest BCUT2D eigenvalue weighted by molar-refractivity contribution is -0.530. The zero-order valence-corrected chi connectivity index (χ0v) is 8.78. The third kappa shape index (κ3) is 1.33. The maximum absolute atomic E-state index is 11.0. The number of ether oxygens (including phenoxy) is 1. The van der Waals surface area contributed by atoms with Crippen molar-refractivity contribution in [2.24, 2.45) is 5.92 Å². The average Bonchev–Trinajstić information content (AvgIpc) is 2.66. The van der Waals surface area contributed by atoms with Crippen molar-refractivity contribution in [2.45, 2.75) is 31.1 Å². The third-order valence-electron chi connectivity index (χ3n) is 3.60. The Morgan fingerprint density at radius 1 is 1.38 bits per heavy atom. The molecule has 0 bridgehead atoms. The molecule has 0 N–H and O–H groups in total. The molecule has 3 aliphatic rings. The minimum absolute atomic E-state index is 0.0602. The van der Waals surface area contributed by atoms with Gasteiger partial charge in [0.05, 0.1) is 18.1 Å². The Morgan fingerprint density at radius 3 is 3.06 bits per heavy atom. The highest BCUT2D eigenvalue weighted by molar-refractivity contribution is 5.32. The van der Waals surface area contributed by atoms with Gasteiger partial charge in [-0.3, -0.25) is 10.1 Å². The molecule has 0 aromatic carbocycles. The van der Waals surface area contributed by atoms with E-state index in [1.54, 1.807) is 0 Å². The van der Waals surface area contributed by atoms with Gasteiger partial charge in [0, 0.05) is 11.3 Å². The smallest absolute Gasteiger partial charge is 0.225 e. The molecular weight excluding hydrogens is 206 g/mol. The Morgan fingerprint density at radius 2 is 2.25 bits per heavy atom. The summed E-state index contributed by atoms with van der Waals surface area (Å²) in [5.41, 5.74) is 1.11. The summed E-state index contributed by atoms with van der Waals surface area (Å²) in [7, 11) is 0. The Bertz CT molecular complexity index is 410. The molecule has 0 aromatic rings. The number of nitrogens with zero attached hydrogens (tertiary/aromatic N) is 1. The first-order valence-corrected chi connectivity index (χ1v) is 5.59. The molecule has 16 heavy (non-hydrogen) atoms. The van der Waals surface area contributed by atoms with Crippen molar-refractivity contribution in [1.29, 1.82) is 0 Å². The molecule has 1 heterocycles. The monoisotopic (exact) mass is 219 g/mol. The van der Waals surface area contributed by atoms with Gasteiger partial charge in [-0.2, -0.15) is 0 Å². The zero-order chi connectivity index (χ0) is 11.1. The van der Waals surface area contributed by atoms with E-state index in [1.807, 2.05) is 24.3 Å². The topological polar surface area (TPSA) is 52.4 Å². The fourth-order valence-corrected chi connectivity index (χ4v) is 2.87. The fourth-order valence-electron chi connectivity index (χ4n) is 2.87. The van der Waals surface area contributed by atoms with E-state index in [0.717, 1.165) is 12.0 Å². The number of rotatable bonds is 1. The first kappa shape index (κ1) is 9.78. The quantitative estimate of drug-likeness (QED) is 0.384. The Balaban J connectivity index is 1.98. The van der Waals surface area contributed by atoms with Crippen LogP contribution in [0.1, 0.15) is 12.8 Å². The molecular formula is C12H13NO3. The molecule has 0 aromatic heterocycles. The molecule has 2 aliphatic carbocycles. The molecule has 4 unspecified atom stereocenters. The largest absolute Gasteiger partial charge is 0.365 e. The molecule has 0 radical (unpaired) electrons. The number of fused-ring (bicyclic) bond motifs is 3. The van der Waals surface area contributed by atoms with Crippen molar-refractivity contribution in [3.63, 3.8) is 0 Å². The van der Waals surface area contributed by atoms with E-state index in [0.29, 0.717) is 6.42 Å². The van der Waals surface area contributed by atoms with Gasteiger partial charge in [0.2, 0.25) is 6.04 Å². The van der Waals surface area contributed by atoms with E-state index in [-0.39, 0.29) is 23.0 Å². The number of hydrogen-bond donors (Lipinski definition) is 0. The van der Waals surface area contributed by atoms with Gasteiger partial charge in [0.15, 0.2) is 0 Å². The maximum atomic E-state index is 11.0. The zero-order valence-electron chi connectivity index (χ0n) is 8.78. The minimum atomic E-state index is -0.516. The van der Waals surface area contributed by atoms with Gasteiger partial charge in [0.1, 0.15) is 0 Å². The molecule has 84 valence electrons. The van der Waals surface area contributed by atoms with Crippen molar-refractivity contribution in [3.05, 3.63) is 46.1 Å². The second-order valence-corrected chi connectivity index (χ2v) is 4.46. The summed E-state index contributed by atoms with van der Waals surface area (Å²) < 4.78 is 5.84. The van der Waals surface area contributed by atoms with Crippen LogP contribution in [0.5, 0.6) is 0 Å². The molecule has 4 nitrogen and oxygen atoms in total. The van der Waals surface area contributed by atoms with Crippen LogP contribution < -0.4 is 0 Å². The molecule has 1 saturated heterocycles. The molecule has 4 atom stereocenters. The van der Waals surface area contributed by atoms with Gasteiger partial charge in [-0.15, -0.1) is 0 Å². The van der Waals surface area contributed by atoms with E-state index in [9.17, 15) is 10.1 Å². The van der Waals surface area contributed by atoms with Gasteiger partial charge in [-0.25, -0.2) is 0 Å². The van der Waals surface area contributed by atoms with Crippen molar-refractivity contribution in [3.8, 4) is 0 Å². The lowest BCUT2D eigenvalue weighted by Crippen LogP contribution is -2.36. The van der Waals surface area contributed by atoms with Gasteiger partial charge in [-0.1, -0.05) is 30.4 Å². The van der Waals surface area contributed by atoms with E-state index in [1.165, 1.54) is 0 Å². The summed E-state index contributed by atoms with van der Waals surface area (Å²) in [5.74, 6) is -0.0602. The molecule has 3 rings (SSSR count). The van der Waals surface area contributed by atoms with Crippen LogP contribution in [0, 0.1) is 16.0 Å². The highest BCUT2D eigenvalue weighted by Crippen LogP contribution is 2.42. The van der Waals surface area contributed by atoms with Crippen molar-refractivity contribution < 1.29 is 9.66 Å². The fraction of sp³-hybridized carbons (Fsp3) is 0.500. The van der Waals surface area contributed by atoms with Crippen LogP contribution in [0.3, 0.4) is 0 Å². The summed E-state index contributed by atoms with van der Waals surface area (Å²) in [6.45, 7) is 0. The number of allylic oxidation sites excluding steroid dienone is 2. The maximum Gasteiger partial charge on any atom is 0.225 e. The van der Waals surface area contributed by atoms with Crippen LogP contribution in [-0.2, 0) is 4.74 Å². The predicted molar refractivity (Wildman–Crippen MR) is 58.5 cm³/mol. The van der Waals surface area contributed by atoms with Crippen molar-refractivity contribution >= 4 is 0 Å². The summed E-state index contributed by atoms with van der Waals surface area (Å²) >= 11 is 0. The lowest BCUT2D eigenvalue weighted by Gasteiger charge is -2.23. The predicted octanol–water partition coefficient (Wildman–Crippen LogP) is 1.86. The second kappa shape index (κ2) is 3.56. The van der Waals surface area contributed by atoms with E-state index >= 15 is 0 Å². The molecule has 0 amide bonds. The Kier molecular flexibility index (Phi) is 2.17. The number of nitro groups is 1. The highest BCUT2D eigenvalue weighted by Gasteiger charge is 2.48. The van der Waals surface area contributed by atoms with Gasteiger partial charge < -0.3 is 4.74 Å². The van der Waals surface area contributed by atoms with Crippen molar-refractivity contribution in [1.82, 2.24) is 0 Å². The molecule has 1 aliphatic heterocycles. The van der Waals surface area contributed by atoms with E-state index < -0.39 is 6.04 Å². The highest BCUT2D eigenvalue weighted by atomic mass is 16.6. The van der Waals surface area contributed by atoms with Crippen LogP contribution in [0.15, 0.2) is 36.0 Å². The summed E-state index contributed by atoms with van der Waals surface area (Å²) in [6.07, 6.45) is 11.2. The Labute approximate surface area is 93.4 Å². The number of hydrogen-bond acceptors (Lipinski definition) is 3. The average molecular weight is 219 g/mol. The van der Waals surface area contributed by atoms with Crippen LogP contribution in [-0.4, -0.2) is 23.2 Å². The van der Waals surface area contributed by atoms with Crippen molar-refractivity contribution in [2.75, 3.05) is 0 Å². The van der Waals surface area contributed by atoms with Gasteiger partial charge in [-0.05, 0) is 12.0 Å². The van der Waals surface area contributed by atoms with Crippen LogP contribution in [0.2, 0.25) is 0 Å².